The van der Waals surface area contributed by atoms with Crippen LogP contribution in [0.2, 0.25) is 0 Å². The molecule has 1 aliphatic carbocycles. The molecule has 0 radical (unpaired) electrons. The first-order chi connectivity index (χ1) is 10.6. The molecule has 1 aliphatic rings. The topological polar surface area (TPSA) is 103 Å². The molecule has 0 aliphatic heterocycles. The van der Waals surface area contributed by atoms with E-state index in [1.54, 1.807) is 19.6 Å². The minimum absolute atomic E-state index is 0.236. The molecule has 1 saturated carbocycles. The molecule has 9 nitrogen and oxygen atoms in total. The summed E-state index contributed by atoms with van der Waals surface area (Å²) in [5.41, 5.74) is 0. The number of nitrogens with zero attached hydrogens (tertiary/aromatic N) is 6. The van der Waals surface area contributed by atoms with Gasteiger partial charge in [-0.05, 0) is 19.8 Å². The van der Waals surface area contributed by atoms with Crippen LogP contribution in [0, 0.1) is 0 Å². The first-order valence-corrected chi connectivity index (χ1v) is 7.46. The first-order valence-electron chi connectivity index (χ1n) is 7.46. The third-order valence-corrected chi connectivity index (χ3v) is 3.90. The zero-order valence-corrected chi connectivity index (χ0v) is 12.7. The lowest BCUT2D eigenvalue weighted by atomic mass is 10.2. The lowest BCUT2D eigenvalue weighted by Gasteiger charge is -2.18. The van der Waals surface area contributed by atoms with Gasteiger partial charge in [0.1, 0.15) is 6.33 Å². The van der Waals surface area contributed by atoms with Gasteiger partial charge in [-0.1, -0.05) is 18.1 Å². The summed E-state index contributed by atoms with van der Waals surface area (Å²) < 4.78 is 3.61. The predicted octanol–water partition coefficient (Wildman–Crippen LogP) is 1.40. The van der Waals surface area contributed by atoms with Crippen molar-refractivity contribution in [1.29, 1.82) is 0 Å². The molecule has 1 atom stereocenters. The van der Waals surface area contributed by atoms with Crippen molar-refractivity contribution in [3.05, 3.63) is 18.3 Å². The molecule has 2 aromatic rings. The maximum atomic E-state index is 12.0. The van der Waals surface area contributed by atoms with E-state index < -0.39 is 0 Å². The summed E-state index contributed by atoms with van der Waals surface area (Å²) in [4.78, 5) is 12.0. The molecule has 2 aromatic heterocycles. The average Bonchev–Trinajstić information content (AvgIpc) is 3.17. The van der Waals surface area contributed by atoms with Gasteiger partial charge in [0, 0.05) is 13.1 Å². The van der Waals surface area contributed by atoms with Crippen molar-refractivity contribution in [3.63, 3.8) is 0 Å². The summed E-state index contributed by atoms with van der Waals surface area (Å²) in [5, 5.41) is 21.2. The highest BCUT2D eigenvalue weighted by molar-refractivity contribution is 5.88. The Morgan fingerprint density at radius 1 is 1.36 bits per heavy atom. The Kier molecular flexibility index (Phi) is 4.03. The highest BCUT2D eigenvalue weighted by Gasteiger charge is 2.23. The van der Waals surface area contributed by atoms with Gasteiger partial charge in [0.2, 0.25) is 0 Å². The van der Waals surface area contributed by atoms with E-state index in [9.17, 15) is 4.79 Å². The molecule has 0 bridgehead atoms. The summed E-state index contributed by atoms with van der Waals surface area (Å²) >= 11 is 0. The van der Waals surface area contributed by atoms with Crippen LogP contribution in [0.15, 0.2) is 12.5 Å². The van der Waals surface area contributed by atoms with Crippen molar-refractivity contribution in [2.24, 2.45) is 7.05 Å². The average molecular weight is 304 g/mol. The van der Waals surface area contributed by atoms with Crippen LogP contribution in [0.25, 0.3) is 0 Å². The SMILES string of the molecule is C[C@H](NC(=O)Nc1cn(C)nn1)c1nncn1C1CCCC1. The smallest absolute Gasteiger partial charge is 0.321 e. The van der Waals surface area contributed by atoms with Crippen molar-refractivity contribution in [2.75, 3.05) is 5.32 Å². The molecule has 1 fully saturated rings. The van der Waals surface area contributed by atoms with Gasteiger partial charge in [-0.25, -0.2) is 4.79 Å². The monoisotopic (exact) mass is 304 g/mol. The van der Waals surface area contributed by atoms with Gasteiger partial charge in [0.15, 0.2) is 11.6 Å². The lowest BCUT2D eigenvalue weighted by Crippen LogP contribution is -2.33. The third-order valence-electron chi connectivity index (χ3n) is 3.90. The van der Waals surface area contributed by atoms with E-state index in [0.29, 0.717) is 11.9 Å². The minimum Gasteiger partial charge on any atom is -0.328 e. The second kappa shape index (κ2) is 6.12. The zero-order valence-electron chi connectivity index (χ0n) is 12.7. The van der Waals surface area contributed by atoms with Gasteiger partial charge < -0.3 is 9.88 Å². The molecule has 0 saturated heterocycles. The number of aromatic nitrogens is 6. The number of hydrogen-bond acceptors (Lipinski definition) is 5. The predicted molar refractivity (Wildman–Crippen MR) is 79.1 cm³/mol. The van der Waals surface area contributed by atoms with Crippen LogP contribution in [-0.4, -0.2) is 35.8 Å². The van der Waals surface area contributed by atoms with Crippen LogP contribution >= 0.6 is 0 Å². The summed E-state index contributed by atoms with van der Waals surface area (Å²) in [5.74, 6) is 1.19. The molecule has 9 heteroatoms. The normalized spacial score (nSPS) is 16.6. The molecular formula is C13H20N8O. The largest absolute Gasteiger partial charge is 0.328 e. The summed E-state index contributed by atoms with van der Waals surface area (Å²) in [7, 11) is 1.74. The quantitative estimate of drug-likeness (QED) is 0.889. The third kappa shape index (κ3) is 3.07. The van der Waals surface area contributed by atoms with Crippen LogP contribution in [0.3, 0.4) is 0 Å². The fraction of sp³-hybridized carbons (Fsp3) is 0.615. The van der Waals surface area contributed by atoms with Crippen LogP contribution in [0.5, 0.6) is 0 Å². The fourth-order valence-corrected chi connectivity index (χ4v) is 2.84. The van der Waals surface area contributed by atoms with Crippen molar-refractivity contribution >= 4 is 11.8 Å². The molecule has 2 heterocycles. The highest BCUT2D eigenvalue weighted by atomic mass is 16.2. The molecule has 0 spiro atoms. The Bertz CT molecular complexity index is 642. The van der Waals surface area contributed by atoms with Gasteiger partial charge in [0.25, 0.3) is 0 Å². The van der Waals surface area contributed by atoms with Crippen molar-refractivity contribution in [2.45, 2.75) is 44.7 Å². The van der Waals surface area contributed by atoms with E-state index in [4.69, 9.17) is 0 Å². The standard InChI is InChI=1S/C13H20N8O/c1-9(15-13(22)16-11-7-20(2)19-17-11)12-18-14-8-21(12)10-5-3-4-6-10/h7-10H,3-6H2,1-2H3,(H2,15,16,22)/t9-/m0/s1. The van der Waals surface area contributed by atoms with Crippen molar-refractivity contribution in [1.82, 2.24) is 35.1 Å². The molecule has 22 heavy (non-hydrogen) atoms. The number of amides is 2. The Hall–Kier alpha value is -2.45. The number of anilines is 1. The van der Waals surface area contributed by atoms with E-state index in [1.165, 1.54) is 17.5 Å². The lowest BCUT2D eigenvalue weighted by molar-refractivity contribution is 0.248. The Labute approximate surface area is 128 Å². The maximum absolute atomic E-state index is 12.0. The number of hydrogen-bond donors (Lipinski definition) is 2. The van der Waals surface area contributed by atoms with Crippen molar-refractivity contribution in [3.8, 4) is 0 Å². The molecule has 118 valence electrons. The van der Waals surface area contributed by atoms with Gasteiger partial charge in [-0.2, -0.15) is 0 Å². The van der Waals surface area contributed by atoms with Gasteiger partial charge in [-0.15, -0.1) is 15.3 Å². The van der Waals surface area contributed by atoms with Gasteiger partial charge >= 0.3 is 6.03 Å². The number of rotatable bonds is 4. The van der Waals surface area contributed by atoms with Crippen LogP contribution in [0.1, 0.15) is 50.5 Å². The number of urea groups is 1. The number of carbonyl (C=O) groups excluding carboxylic acids is 1. The zero-order chi connectivity index (χ0) is 15.5. The molecule has 0 unspecified atom stereocenters. The van der Waals surface area contributed by atoms with E-state index in [0.717, 1.165) is 18.7 Å². The van der Waals surface area contributed by atoms with Crippen LogP contribution < -0.4 is 10.6 Å². The fourth-order valence-electron chi connectivity index (χ4n) is 2.84. The van der Waals surface area contributed by atoms with E-state index >= 15 is 0 Å². The summed E-state index contributed by atoms with van der Waals surface area (Å²) in [6, 6.07) is -0.133. The second-order valence-corrected chi connectivity index (χ2v) is 5.63. The molecule has 3 rings (SSSR count). The van der Waals surface area contributed by atoms with E-state index in [2.05, 4.69) is 35.7 Å². The van der Waals surface area contributed by atoms with Crippen LogP contribution in [-0.2, 0) is 7.05 Å². The molecule has 2 N–H and O–H groups in total. The Morgan fingerprint density at radius 3 is 2.82 bits per heavy atom. The van der Waals surface area contributed by atoms with Crippen molar-refractivity contribution < 1.29 is 4.79 Å². The number of aryl methyl sites for hydroxylation is 1. The second-order valence-electron chi connectivity index (χ2n) is 5.63. The minimum atomic E-state index is -0.339. The van der Waals surface area contributed by atoms with E-state index in [1.807, 2.05) is 6.92 Å². The summed E-state index contributed by atoms with van der Waals surface area (Å²) in [6.45, 7) is 1.89. The van der Waals surface area contributed by atoms with Gasteiger partial charge in [0.05, 0.1) is 12.2 Å². The van der Waals surface area contributed by atoms with Crippen LogP contribution in [0.4, 0.5) is 10.6 Å². The van der Waals surface area contributed by atoms with E-state index in [-0.39, 0.29) is 12.1 Å². The molecular weight excluding hydrogens is 284 g/mol. The molecule has 0 aromatic carbocycles. The first kappa shape index (κ1) is 14.5. The number of nitrogens with one attached hydrogen (secondary N) is 2. The Balaban J connectivity index is 1.63. The number of carbonyl (C=O) groups is 1. The highest BCUT2D eigenvalue weighted by Crippen LogP contribution is 2.31. The summed E-state index contributed by atoms with van der Waals surface area (Å²) in [6.07, 6.45) is 8.14. The molecule has 2 amide bonds. The Morgan fingerprint density at radius 2 is 2.14 bits per heavy atom. The van der Waals surface area contributed by atoms with Gasteiger partial charge in [-0.3, -0.25) is 10.00 Å². The maximum Gasteiger partial charge on any atom is 0.321 e.